The fourth-order valence-electron chi connectivity index (χ4n) is 8.23. The van der Waals surface area contributed by atoms with E-state index in [1.54, 1.807) is 0 Å². The molecule has 8 aromatic rings. The largest absolute Gasteiger partial charge is 0.293 e. The van der Waals surface area contributed by atoms with Gasteiger partial charge in [0.2, 0.25) is 0 Å². The fraction of sp³-hybridized carbons (Fsp3) is 0.0851. The molecule has 0 N–H and O–H groups in total. The van der Waals surface area contributed by atoms with Crippen molar-refractivity contribution in [2.24, 2.45) is 0 Å². The first kappa shape index (κ1) is 28.1. The van der Waals surface area contributed by atoms with Crippen molar-refractivity contribution >= 4 is 50.0 Å². The highest BCUT2D eigenvalue weighted by molar-refractivity contribution is 6.20. The van der Waals surface area contributed by atoms with Crippen LogP contribution in [0.3, 0.4) is 0 Å². The lowest BCUT2D eigenvalue weighted by Crippen LogP contribution is -2.02. The van der Waals surface area contributed by atoms with E-state index in [4.69, 9.17) is 4.98 Å². The zero-order chi connectivity index (χ0) is 32.3. The van der Waals surface area contributed by atoms with Gasteiger partial charge in [0.15, 0.2) is 0 Å². The van der Waals surface area contributed by atoms with E-state index in [-0.39, 0.29) is 0 Å². The molecule has 2 nitrogen and oxygen atoms in total. The summed E-state index contributed by atoms with van der Waals surface area (Å²) in [6.07, 6.45) is 11.0. The maximum Gasteiger partial charge on any atom is 0.145 e. The molecule has 0 unspecified atom stereocenters. The number of benzene rings is 7. The molecule has 0 saturated carbocycles. The van der Waals surface area contributed by atoms with Crippen LogP contribution in [-0.4, -0.2) is 9.55 Å². The van der Waals surface area contributed by atoms with Gasteiger partial charge in [0, 0.05) is 11.3 Å². The quantitative estimate of drug-likeness (QED) is 0.178. The van der Waals surface area contributed by atoms with Gasteiger partial charge in [-0.3, -0.25) is 4.57 Å². The normalized spacial score (nSPS) is 13.8. The standard InChI is InChI=1S/C47H34N2/c1-2-16-38(17-3-1)49-44-21-11-10-20-43(44)48-47(49)37-26-27-41-42(30-37)46(36-25-23-32-13-5-7-15-34(32)29-36)40-19-9-8-18-39(40)45(41)35-24-22-31-12-4-6-14-33(31)28-35/h1-9,11-19,21,23,25-30H,10,20,22,24H2. The van der Waals surface area contributed by atoms with Gasteiger partial charge < -0.3 is 0 Å². The van der Waals surface area contributed by atoms with E-state index in [9.17, 15) is 0 Å². The number of para-hydroxylation sites is 1. The topological polar surface area (TPSA) is 17.8 Å². The molecule has 232 valence electrons. The van der Waals surface area contributed by atoms with Gasteiger partial charge in [-0.25, -0.2) is 4.98 Å². The van der Waals surface area contributed by atoms with Crippen molar-refractivity contribution < 1.29 is 0 Å². The van der Waals surface area contributed by atoms with Crippen molar-refractivity contribution in [3.63, 3.8) is 0 Å². The van der Waals surface area contributed by atoms with Crippen LogP contribution < -0.4 is 0 Å². The van der Waals surface area contributed by atoms with Gasteiger partial charge in [-0.15, -0.1) is 0 Å². The molecule has 10 rings (SSSR count). The highest BCUT2D eigenvalue weighted by Gasteiger charge is 2.24. The average Bonchev–Trinajstić information content (AvgIpc) is 3.56. The molecule has 2 heteroatoms. The Balaban J connectivity index is 1.30. The predicted octanol–water partition coefficient (Wildman–Crippen LogP) is 12.1. The smallest absolute Gasteiger partial charge is 0.145 e. The predicted molar refractivity (Wildman–Crippen MR) is 207 cm³/mol. The van der Waals surface area contributed by atoms with Crippen molar-refractivity contribution in [3.05, 3.63) is 174 Å². The average molecular weight is 627 g/mol. The Bertz CT molecular complexity index is 2650. The Morgan fingerprint density at radius 1 is 0.531 bits per heavy atom. The van der Waals surface area contributed by atoms with E-state index in [0.29, 0.717) is 0 Å². The summed E-state index contributed by atoms with van der Waals surface area (Å²) in [4.78, 5) is 5.35. The molecule has 49 heavy (non-hydrogen) atoms. The van der Waals surface area contributed by atoms with E-state index < -0.39 is 0 Å². The second-order valence-electron chi connectivity index (χ2n) is 13.4. The molecule has 0 radical (unpaired) electrons. The van der Waals surface area contributed by atoms with E-state index in [0.717, 1.165) is 42.8 Å². The van der Waals surface area contributed by atoms with Gasteiger partial charge in [0.25, 0.3) is 0 Å². The molecular formula is C47H34N2. The molecule has 2 aliphatic rings. The van der Waals surface area contributed by atoms with Crippen LogP contribution in [0.15, 0.2) is 146 Å². The first-order valence-electron chi connectivity index (χ1n) is 17.4. The highest BCUT2D eigenvalue weighted by atomic mass is 15.1. The van der Waals surface area contributed by atoms with Crippen LogP contribution in [0, 0.1) is 0 Å². The number of fused-ring (bicyclic) bond motifs is 5. The van der Waals surface area contributed by atoms with Crippen LogP contribution in [0.4, 0.5) is 0 Å². The molecular weight excluding hydrogens is 593 g/mol. The maximum absolute atomic E-state index is 5.35. The van der Waals surface area contributed by atoms with Crippen LogP contribution in [0.2, 0.25) is 0 Å². The second-order valence-corrected chi connectivity index (χ2v) is 13.4. The van der Waals surface area contributed by atoms with Crippen LogP contribution >= 0.6 is 0 Å². The molecule has 0 aliphatic heterocycles. The Hall–Kier alpha value is -5.99. The Morgan fingerprint density at radius 2 is 1.27 bits per heavy atom. The highest BCUT2D eigenvalue weighted by Crippen LogP contribution is 2.46. The number of aromatic nitrogens is 2. The molecule has 1 heterocycles. The lowest BCUT2D eigenvalue weighted by atomic mass is 9.81. The zero-order valence-corrected chi connectivity index (χ0v) is 27.2. The van der Waals surface area contributed by atoms with Gasteiger partial charge in [-0.2, -0.15) is 0 Å². The number of rotatable bonds is 4. The number of nitrogens with zero attached hydrogens (tertiary/aromatic N) is 2. The number of imidazole rings is 1. The third kappa shape index (κ3) is 4.59. The molecule has 2 aliphatic carbocycles. The van der Waals surface area contributed by atoms with Gasteiger partial charge in [0.1, 0.15) is 5.82 Å². The number of hydrogen-bond donors (Lipinski definition) is 0. The van der Waals surface area contributed by atoms with Crippen molar-refractivity contribution in [1.82, 2.24) is 9.55 Å². The summed E-state index contributed by atoms with van der Waals surface area (Å²) in [5.74, 6) is 0.995. The zero-order valence-electron chi connectivity index (χ0n) is 27.2. The fourth-order valence-corrected chi connectivity index (χ4v) is 8.23. The Morgan fingerprint density at radius 3 is 2.16 bits per heavy atom. The van der Waals surface area contributed by atoms with Gasteiger partial charge in [-0.05, 0) is 122 Å². The van der Waals surface area contributed by atoms with Gasteiger partial charge in [0.05, 0.1) is 11.4 Å². The molecule has 0 spiro atoms. The van der Waals surface area contributed by atoms with Crippen LogP contribution in [-0.2, 0) is 12.8 Å². The molecule has 0 amide bonds. The summed E-state index contributed by atoms with van der Waals surface area (Å²) in [6.45, 7) is 0. The summed E-state index contributed by atoms with van der Waals surface area (Å²) < 4.78 is 2.35. The molecule has 0 bridgehead atoms. The summed E-state index contributed by atoms with van der Waals surface area (Å²) in [6, 6.07) is 51.3. The number of hydrogen-bond acceptors (Lipinski definition) is 1. The lowest BCUT2D eigenvalue weighted by Gasteiger charge is -2.23. The van der Waals surface area contributed by atoms with E-state index in [1.807, 2.05) is 0 Å². The first-order chi connectivity index (χ1) is 24.3. The van der Waals surface area contributed by atoms with Crippen LogP contribution in [0.5, 0.6) is 0 Å². The third-order valence-corrected chi connectivity index (χ3v) is 10.5. The third-order valence-electron chi connectivity index (χ3n) is 10.5. The molecule has 0 saturated heterocycles. The summed E-state index contributed by atoms with van der Waals surface area (Å²) in [5.41, 5.74) is 12.7. The van der Waals surface area contributed by atoms with Crippen molar-refractivity contribution in [1.29, 1.82) is 0 Å². The second kappa shape index (κ2) is 11.3. The van der Waals surface area contributed by atoms with Crippen LogP contribution in [0.1, 0.15) is 40.9 Å². The van der Waals surface area contributed by atoms with E-state index >= 15 is 0 Å². The Kier molecular flexibility index (Phi) is 6.48. The lowest BCUT2D eigenvalue weighted by molar-refractivity contribution is 0.936. The van der Waals surface area contributed by atoms with E-state index in [1.165, 1.54) is 77.1 Å². The SMILES string of the molecule is C1=Cc2c(nc(-c3ccc4c(C5=Cc6ccccc6CC5)c5ccccc5c(-c5ccc6ccccc6c5)c4c3)n2-c2ccccc2)CC1. The minimum absolute atomic E-state index is 0.957. The maximum atomic E-state index is 5.35. The van der Waals surface area contributed by atoms with Crippen LogP contribution in [0.25, 0.3) is 78.2 Å². The summed E-state index contributed by atoms with van der Waals surface area (Å²) in [5, 5.41) is 7.65. The molecule has 1 aromatic heterocycles. The molecule has 0 fully saturated rings. The summed E-state index contributed by atoms with van der Waals surface area (Å²) >= 11 is 0. The van der Waals surface area contributed by atoms with Gasteiger partial charge >= 0.3 is 0 Å². The molecule has 7 aromatic carbocycles. The Labute approximate surface area is 286 Å². The van der Waals surface area contributed by atoms with Crippen molar-refractivity contribution in [2.45, 2.75) is 25.7 Å². The minimum atomic E-state index is 0.957. The summed E-state index contributed by atoms with van der Waals surface area (Å²) in [7, 11) is 0. The monoisotopic (exact) mass is 626 g/mol. The van der Waals surface area contributed by atoms with Crippen molar-refractivity contribution in [3.8, 4) is 28.2 Å². The minimum Gasteiger partial charge on any atom is -0.293 e. The van der Waals surface area contributed by atoms with E-state index in [2.05, 4.69) is 162 Å². The number of allylic oxidation sites excluding steroid dienone is 2. The molecule has 0 atom stereocenters. The first-order valence-corrected chi connectivity index (χ1v) is 17.4. The van der Waals surface area contributed by atoms with Crippen molar-refractivity contribution in [2.75, 3.05) is 0 Å². The van der Waals surface area contributed by atoms with Gasteiger partial charge in [-0.1, -0.05) is 127 Å². The number of aryl methyl sites for hydroxylation is 2.